The Morgan fingerprint density at radius 1 is 1.47 bits per heavy atom. The highest BCUT2D eigenvalue weighted by Crippen LogP contribution is 2.15. The summed E-state index contributed by atoms with van der Waals surface area (Å²) in [5.41, 5.74) is 0. The molecule has 0 spiro atoms. The Morgan fingerprint density at radius 3 is 2.60 bits per heavy atom. The van der Waals surface area contributed by atoms with E-state index < -0.39 is 9.84 Å². The van der Waals surface area contributed by atoms with Crippen LogP contribution in [0.15, 0.2) is 0 Å². The molecule has 0 aromatic heterocycles. The van der Waals surface area contributed by atoms with E-state index in [1.54, 1.807) is 0 Å². The van der Waals surface area contributed by atoms with Crippen LogP contribution >= 0.6 is 0 Å². The van der Waals surface area contributed by atoms with E-state index in [1.165, 1.54) is 6.26 Å². The van der Waals surface area contributed by atoms with Gasteiger partial charge in [-0.3, -0.25) is 0 Å². The molecule has 0 amide bonds. The van der Waals surface area contributed by atoms with Gasteiger partial charge in [-0.25, -0.2) is 8.42 Å². The molecule has 3 unspecified atom stereocenters. The summed E-state index contributed by atoms with van der Waals surface area (Å²) >= 11 is 0. The average Bonchev–Trinajstić information content (AvgIpc) is 2.50. The van der Waals surface area contributed by atoms with E-state index >= 15 is 0 Å². The van der Waals surface area contributed by atoms with Crippen LogP contribution in [0.1, 0.15) is 26.7 Å². The van der Waals surface area contributed by atoms with Crippen molar-refractivity contribution in [2.75, 3.05) is 18.6 Å². The molecule has 4 nitrogen and oxygen atoms in total. The number of nitrogens with one attached hydrogen (secondary N) is 1. The molecule has 1 fully saturated rings. The Morgan fingerprint density at radius 2 is 2.13 bits per heavy atom. The van der Waals surface area contributed by atoms with E-state index in [0.29, 0.717) is 0 Å². The van der Waals surface area contributed by atoms with Crippen molar-refractivity contribution >= 4 is 9.84 Å². The first kappa shape index (κ1) is 12.9. The SMILES string of the molecule is CC(CS(C)(=O)=O)NC(C)C1CCCO1. The molecule has 0 aromatic rings. The molecule has 0 radical (unpaired) electrons. The van der Waals surface area contributed by atoms with E-state index in [0.717, 1.165) is 19.4 Å². The summed E-state index contributed by atoms with van der Waals surface area (Å²) in [5.74, 6) is 0.185. The van der Waals surface area contributed by atoms with Crippen molar-refractivity contribution in [3.63, 3.8) is 0 Å². The van der Waals surface area contributed by atoms with Gasteiger partial charge in [-0.2, -0.15) is 0 Å². The normalized spacial score (nSPS) is 26.5. The van der Waals surface area contributed by atoms with E-state index in [9.17, 15) is 8.42 Å². The molecule has 0 bridgehead atoms. The van der Waals surface area contributed by atoms with Crippen LogP contribution in [0.5, 0.6) is 0 Å². The van der Waals surface area contributed by atoms with Crippen molar-refractivity contribution in [2.24, 2.45) is 0 Å². The molecule has 0 aromatic carbocycles. The summed E-state index contributed by atoms with van der Waals surface area (Å²) in [6, 6.07) is 0.212. The van der Waals surface area contributed by atoms with Gasteiger partial charge in [0.2, 0.25) is 0 Å². The van der Waals surface area contributed by atoms with Crippen molar-refractivity contribution in [1.29, 1.82) is 0 Å². The quantitative estimate of drug-likeness (QED) is 0.757. The molecule has 90 valence electrons. The van der Waals surface area contributed by atoms with Gasteiger partial charge in [0.05, 0.1) is 11.9 Å². The van der Waals surface area contributed by atoms with Crippen LogP contribution in [-0.2, 0) is 14.6 Å². The molecule has 0 saturated carbocycles. The Hall–Kier alpha value is -0.130. The van der Waals surface area contributed by atoms with Gasteiger partial charge >= 0.3 is 0 Å². The van der Waals surface area contributed by atoms with Gasteiger partial charge in [0.15, 0.2) is 0 Å². The van der Waals surface area contributed by atoms with Crippen molar-refractivity contribution in [3.05, 3.63) is 0 Å². The molecular formula is C10H21NO3S. The number of hydrogen-bond acceptors (Lipinski definition) is 4. The van der Waals surface area contributed by atoms with E-state index in [4.69, 9.17) is 4.74 Å². The Labute approximate surface area is 92.3 Å². The second-order valence-corrected chi connectivity index (χ2v) is 6.69. The Bertz CT molecular complexity index is 283. The molecular weight excluding hydrogens is 214 g/mol. The fraction of sp³-hybridized carbons (Fsp3) is 1.00. The Kier molecular flexibility index (Phi) is 4.55. The van der Waals surface area contributed by atoms with Gasteiger partial charge in [0.25, 0.3) is 0 Å². The molecule has 1 aliphatic heterocycles. The minimum atomic E-state index is -2.90. The Balaban J connectivity index is 2.33. The largest absolute Gasteiger partial charge is 0.377 e. The van der Waals surface area contributed by atoms with E-state index in [2.05, 4.69) is 12.2 Å². The highest BCUT2D eigenvalue weighted by atomic mass is 32.2. The zero-order valence-corrected chi connectivity index (χ0v) is 10.5. The zero-order chi connectivity index (χ0) is 11.5. The van der Waals surface area contributed by atoms with E-state index in [-0.39, 0.29) is 23.9 Å². The first-order chi connectivity index (χ1) is 6.88. The third-order valence-electron chi connectivity index (χ3n) is 2.62. The fourth-order valence-electron chi connectivity index (χ4n) is 2.06. The topological polar surface area (TPSA) is 55.4 Å². The second kappa shape index (κ2) is 5.27. The lowest BCUT2D eigenvalue weighted by Crippen LogP contribution is -2.44. The van der Waals surface area contributed by atoms with Gasteiger partial charge in [-0.05, 0) is 26.7 Å². The number of hydrogen-bond donors (Lipinski definition) is 1. The smallest absolute Gasteiger partial charge is 0.148 e. The second-order valence-electron chi connectivity index (χ2n) is 4.50. The molecule has 5 heteroatoms. The zero-order valence-electron chi connectivity index (χ0n) is 9.69. The summed E-state index contributed by atoms with van der Waals surface area (Å²) < 4.78 is 27.7. The minimum Gasteiger partial charge on any atom is -0.377 e. The molecule has 1 saturated heterocycles. The van der Waals surface area contributed by atoms with Crippen LogP contribution in [-0.4, -0.2) is 45.2 Å². The monoisotopic (exact) mass is 235 g/mol. The first-order valence-electron chi connectivity index (χ1n) is 5.44. The molecule has 0 aliphatic carbocycles. The van der Waals surface area contributed by atoms with Crippen LogP contribution in [0.3, 0.4) is 0 Å². The van der Waals surface area contributed by atoms with Gasteiger partial charge in [0.1, 0.15) is 9.84 Å². The lowest BCUT2D eigenvalue weighted by molar-refractivity contribution is 0.0812. The van der Waals surface area contributed by atoms with Gasteiger partial charge in [-0.15, -0.1) is 0 Å². The predicted molar refractivity (Wildman–Crippen MR) is 60.7 cm³/mol. The van der Waals surface area contributed by atoms with Gasteiger partial charge < -0.3 is 10.1 Å². The number of sulfone groups is 1. The summed E-state index contributed by atoms with van der Waals surface area (Å²) in [5, 5.41) is 3.27. The predicted octanol–water partition coefficient (Wildman–Crippen LogP) is 0.577. The van der Waals surface area contributed by atoms with Crippen molar-refractivity contribution in [3.8, 4) is 0 Å². The number of ether oxygens (including phenoxy) is 1. The summed E-state index contributed by atoms with van der Waals surface area (Å²) in [7, 11) is -2.90. The molecule has 15 heavy (non-hydrogen) atoms. The molecule has 1 N–H and O–H groups in total. The van der Waals surface area contributed by atoms with Crippen molar-refractivity contribution in [2.45, 2.75) is 44.9 Å². The standard InChI is InChI=1S/C10H21NO3S/c1-8(7-15(3,12)13)11-9(2)10-5-4-6-14-10/h8-11H,4-7H2,1-3H3. The van der Waals surface area contributed by atoms with Crippen LogP contribution in [0.25, 0.3) is 0 Å². The highest BCUT2D eigenvalue weighted by molar-refractivity contribution is 7.90. The van der Waals surface area contributed by atoms with Crippen LogP contribution < -0.4 is 5.32 Å². The van der Waals surface area contributed by atoms with Crippen molar-refractivity contribution < 1.29 is 13.2 Å². The minimum absolute atomic E-state index is 0.0146. The molecule has 3 atom stereocenters. The molecule has 1 rings (SSSR count). The van der Waals surface area contributed by atoms with Crippen LogP contribution in [0.4, 0.5) is 0 Å². The van der Waals surface area contributed by atoms with Crippen molar-refractivity contribution in [1.82, 2.24) is 5.32 Å². The third kappa shape index (κ3) is 4.95. The lowest BCUT2D eigenvalue weighted by atomic mass is 10.1. The van der Waals surface area contributed by atoms with Crippen LogP contribution in [0.2, 0.25) is 0 Å². The molecule has 1 aliphatic rings. The van der Waals surface area contributed by atoms with Gasteiger partial charge in [0, 0.05) is 24.9 Å². The maximum atomic E-state index is 11.1. The van der Waals surface area contributed by atoms with E-state index in [1.807, 2.05) is 6.92 Å². The van der Waals surface area contributed by atoms with Gasteiger partial charge in [-0.1, -0.05) is 0 Å². The lowest BCUT2D eigenvalue weighted by Gasteiger charge is -2.23. The first-order valence-corrected chi connectivity index (χ1v) is 7.50. The summed E-state index contributed by atoms with van der Waals surface area (Å²) in [6.07, 6.45) is 3.69. The maximum absolute atomic E-state index is 11.1. The molecule has 1 heterocycles. The average molecular weight is 235 g/mol. The maximum Gasteiger partial charge on any atom is 0.148 e. The highest BCUT2D eigenvalue weighted by Gasteiger charge is 2.24. The number of rotatable bonds is 5. The fourth-order valence-corrected chi connectivity index (χ4v) is 3.06. The van der Waals surface area contributed by atoms with Crippen LogP contribution in [0, 0.1) is 0 Å². The summed E-state index contributed by atoms with van der Waals surface area (Å²) in [4.78, 5) is 0. The third-order valence-corrected chi connectivity index (χ3v) is 3.73. The summed E-state index contributed by atoms with van der Waals surface area (Å²) in [6.45, 7) is 4.78.